The SMILES string of the molecule is COc1ccc([C@H](N)C(C)C)c(Cl)c1. The van der Waals surface area contributed by atoms with E-state index in [9.17, 15) is 0 Å². The lowest BCUT2D eigenvalue weighted by Crippen LogP contribution is -2.17. The minimum Gasteiger partial charge on any atom is -0.497 e. The molecule has 1 aromatic carbocycles. The zero-order valence-electron chi connectivity index (χ0n) is 8.75. The predicted molar refractivity (Wildman–Crippen MR) is 59.8 cm³/mol. The fourth-order valence-electron chi connectivity index (χ4n) is 1.26. The van der Waals surface area contributed by atoms with E-state index in [1.165, 1.54) is 0 Å². The van der Waals surface area contributed by atoms with Crippen LogP contribution in [0.2, 0.25) is 5.02 Å². The van der Waals surface area contributed by atoms with Crippen molar-refractivity contribution in [2.75, 3.05) is 7.11 Å². The van der Waals surface area contributed by atoms with E-state index in [4.69, 9.17) is 22.1 Å². The number of hydrogen-bond acceptors (Lipinski definition) is 2. The molecule has 0 saturated heterocycles. The molecule has 1 rings (SSSR count). The Morgan fingerprint density at radius 2 is 2.00 bits per heavy atom. The Labute approximate surface area is 90.0 Å². The first-order valence-electron chi connectivity index (χ1n) is 4.65. The van der Waals surface area contributed by atoms with Crippen LogP contribution in [0.5, 0.6) is 5.75 Å². The monoisotopic (exact) mass is 213 g/mol. The van der Waals surface area contributed by atoms with Crippen molar-refractivity contribution in [3.8, 4) is 5.75 Å². The zero-order valence-corrected chi connectivity index (χ0v) is 9.51. The molecule has 0 aliphatic rings. The summed E-state index contributed by atoms with van der Waals surface area (Å²) in [6, 6.07) is 5.57. The van der Waals surface area contributed by atoms with Crippen LogP contribution in [0.25, 0.3) is 0 Å². The molecule has 0 aliphatic carbocycles. The van der Waals surface area contributed by atoms with Crippen molar-refractivity contribution in [1.29, 1.82) is 0 Å². The summed E-state index contributed by atoms with van der Waals surface area (Å²) in [6.45, 7) is 4.15. The maximum atomic E-state index is 6.09. The average molecular weight is 214 g/mol. The highest BCUT2D eigenvalue weighted by molar-refractivity contribution is 6.31. The third-order valence-corrected chi connectivity index (χ3v) is 2.61. The summed E-state index contributed by atoms with van der Waals surface area (Å²) >= 11 is 6.09. The fourth-order valence-corrected chi connectivity index (χ4v) is 1.56. The van der Waals surface area contributed by atoms with Crippen LogP contribution in [0.1, 0.15) is 25.5 Å². The molecule has 2 N–H and O–H groups in total. The normalized spacial score (nSPS) is 13.0. The highest BCUT2D eigenvalue weighted by atomic mass is 35.5. The van der Waals surface area contributed by atoms with Crippen LogP contribution in [0, 0.1) is 5.92 Å². The molecule has 78 valence electrons. The van der Waals surface area contributed by atoms with E-state index in [2.05, 4.69) is 13.8 Å². The van der Waals surface area contributed by atoms with Gasteiger partial charge in [0.05, 0.1) is 7.11 Å². The predicted octanol–water partition coefficient (Wildman–Crippen LogP) is 3.00. The van der Waals surface area contributed by atoms with Crippen molar-refractivity contribution < 1.29 is 4.74 Å². The molecule has 0 heterocycles. The molecular formula is C11H16ClNO. The van der Waals surface area contributed by atoms with Crippen molar-refractivity contribution in [3.05, 3.63) is 28.8 Å². The second kappa shape index (κ2) is 4.67. The van der Waals surface area contributed by atoms with E-state index in [-0.39, 0.29) is 6.04 Å². The van der Waals surface area contributed by atoms with Gasteiger partial charge in [0.25, 0.3) is 0 Å². The van der Waals surface area contributed by atoms with Crippen LogP contribution < -0.4 is 10.5 Å². The number of benzene rings is 1. The van der Waals surface area contributed by atoms with Gasteiger partial charge >= 0.3 is 0 Å². The Balaban J connectivity index is 2.99. The first-order chi connectivity index (χ1) is 6.56. The van der Waals surface area contributed by atoms with Crippen LogP contribution >= 0.6 is 11.6 Å². The summed E-state index contributed by atoms with van der Waals surface area (Å²) in [4.78, 5) is 0. The molecule has 0 spiro atoms. The van der Waals surface area contributed by atoms with Crippen molar-refractivity contribution in [2.24, 2.45) is 11.7 Å². The molecule has 0 amide bonds. The average Bonchev–Trinajstić information content (AvgIpc) is 2.16. The number of nitrogens with two attached hydrogens (primary N) is 1. The molecule has 0 unspecified atom stereocenters. The highest BCUT2D eigenvalue weighted by Crippen LogP contribution is 2.29. The van der Waals surface area contributed by atoms with E-state index >= 15 is 0 Å². The van der Waals surface area contributed by atoms with Gasteiger partial charge in [-0.25, -0.2) is 0 Å². The van der Waals surface area contributed by atoms with E-state index in [0.717, 1.165) is 11.3 Å². The third-order valence-electron chi connectivity index (χ3n) is 2.28. The van der Waals surface area contributed by atoms with Crippen LogP contribution in [-0.2, 0) is 0 Å². The molecule has 0 bridgehead atoms. The number of methoxy groups -OCH3 is 1. The van der Waals surface area contributed by atoms with Gasteiger partial charge in [0, 0.05) is 11.1 Å². The molecule has 0 aliphatic heterocycles. The molecule has 0 fully saturated rings. The molecule has 1 aromatic rings. The minimum atomic E-state index is -0.0200. The van der Waals surface area contributed by atoms with Crippen LogP contribution in [0.15, 0.2) is 18.2 Å². The van der Waals surface area contributed by atoms with Gasteiger partial charge in [-0.05, 0) is 23.6 Å². The number of rotatable bonds is 3. The number of ether oxygens (including phenoxy) is 1. The van der Waals surface area contributed by atoms with Crippen molar-refractivity contribution in [3.63, 3.8) is 0 Å². The van der Waals surface area contributed by atoms with Crippen LogP contribution in [-0.4, -0.2) is 7.11 Å². The molecule has 2 nitrogen and oxygen atoms in total. The van der Waals surface area contributed by atoms with Crippen molar-refractivity contribution in [2.45, 2.75) is 19.9 Å². The van der Waals surface area contributed by atoms with Crippen molar-refractivity contribution >= 4 is 11.6 Å². The van der Waals surface area contributed by atoms with Gasteiger partial charge in [0.1, 0.15) is 5.75 Å². The maximum Gasteiger partial charge on any atom is 0.120 e. The molecular weight excluding hydrogens is 198 g/mol. The molecule has 0 aromatic heterocycles. The summed E-state index contributed by atoms with van der Waals surface area (Å²) in [5.74, 6) is 1.13. The summed E-state index contributed by atoms with van der Waals surface area (Å²) in [6.07, 6.45) is 0. The van der Waals surface area contributed by atoms with Gasteiger partial charge in [-0.2, -0.15) is 0 Å². The van der Waals surface area contributed by atoms with E-state index < -0.39 is 0 Å². The smallest absolute Gasteiger partial charge is 0.120 e. The molecule has 14 heavy (non-hydrogen) atoms. The number of halogens is 1. The van der Waals surface area contributed by atoms with E-state index in [0.29, 0.717) is 10.9 Å². The molecule has 1 atom stereocenters. The van der Waals surface area contributed by atoms with Gasteiger partial charge < -0.3 is 10.5 Å². The van der Waals surface area contributed by atoms with Crippen LogP contribution in [0.4, 0.5) is 0 Å². The van der Waals surface area contributed by atoms with Gasteiger partial charge in [-0.15, -0.1) is 0 Å². The van der Waals surface area contributed by atoms with Gasteiger partial charge in [0.15, 0.2) is 0 Å². The molecule has 0 radical (unpaired) electrons. The van der Waals surface area contributed by atoms with Gasteiger partial charge in [0.2, 0.25) is 0 Å². The summed E-state index contributed by atoms with van der Waals surface area (Å²) < 4.78 is 5.06. The largest absolute Gasteiger partial charge is 0.497 e. The van der Waals surface area contributed by atoms with Crippen LogP contribution in [0.3, 0.4) is 0 Å². The Morgan fingerprint density at radius 1 is 1.36 bits per heavy atom. The fraction of sp³-hybridized carbons (Fsp3) is 0.455. The first kappa shape index (κ1) is 11.3. The lowest BCUT2D eigenvalue weighted by atomic mass is 9.97. The molecule has 3 heteroatoms. The third kappa shape index (κ3) is 2.40. The summed E-state index contributed by atoms with van der Waals surface area (Å²) in [7, 11) is 1.62. The molecule has 0 saturated carbocycles. The Morgan fingerprint density at radius 3 is 2.43 bits per heavy atom. The summed E-state index contributed by atoms with van der Waals surface area (Å²) in [5.41, 5.74) is 6.98. The van der Waals surface area contributed by atoms with Gasteiger partial charge in [-0.1, -0.05) is 31.5 Å². The Hall–Kier alpha value is -0.730. The standard InChI is InChI=1S/C11H16ClNO/c1-7(2)11(13)9-5-4-8(14-3)6-10(9)12/h4-7,11H,13H2,1-3H3/t11-/m1/s1. The minimum absolute atomic E-state index is 0.0200. The summed E-state index contributed by atoms with van der Waals surface area (Å²) in [5, 5.41) is 0.672. The van der Waals surface area contributed by atoms with E-state index in [1.807, 2.05) is 12.1 Å². The van der Waals surface area contributed by atoms with Crippen molar-refractivity contribution in [1.82, 2.24) is 0 Å². The first-order valence-corrected chi connectivity index (χ1v) is 5.03. The quantitative estimate of drug-likeness (QED) is 0.838. The Bertz CT molecular complexity index is 312. The Kier molecular flexibility index (Phi) is 3.78. The second-order valence-corrected chi connectivity index (χ2v) is 4.06. The van der Waals surface area contributed by atoms with Gasteiger partial charge in [-0.3, -0.25) is 0 Å². The zero-order chi connectivity index (χ0) is 10.7. The maximum absolute atomic E-state index is 6.09. The lowest BCUT2D eigenvalue weighted by Gasteiger charge is -2.17. The van der Waals surface area contributed by atoms with E-state index in [1.54, 1.807) is 13.2 Å². The topological polar surface area (TPSA) is 35.2 Å². The lowest BCUT2D eigenvalue weighted by molar-refractivity contribution is 0.414. The highest BCUT2D eigenvalue weighted by Gasteiger charge is 2.13. The number of hydrogen-bond donors (Lipinski definition) is 1. The second-order valence-electron chi connectivity index (χ2n) is 3.66.